The molecule has 2 saturated heterocycles. The summed E-state index contributed by atoms with van der Waals surface area (Å²) in [6.07, 6.45) is 2.26. The monoisotopic (exact) mass is 378 g/mol. The van der Waals surface area contributed by atoms with Crippen molar-refractivity contribution in [2.24, 2.45) is 0 Å². The third-order valence-corrected chi connectivity index (χ3v) is 5.86. The summed E-state index contributed by atoms with van der Waals surface area (Å²) in [5, 5.41) is 0. The summed E-state index contributed by atoms with van der Waals surface area (Å²) in [6, 6.07) is 18.0. The van der Waals surface area contributed by atoms with Crippen LogP contribution >= 0.6 is 0 Å². The van der Waals surface area contributed by atoms with Crippen molar-refractivity contribution in [2.45, 2.75) is 12.8 Å². The number of hydrogen-bond donors (Lipinski definition) is 1. The van der Waals surface area contributed by atoms with Crippen molar-refractivity contribution in [1.82, 2.24) is 9.80 Å². The van der Waals surface area contributed by atoms with E-state index in [0.29, 0.717) is 19.6 Å². The first-order valence-corrected chi connectivity index (χ1v) is 10.3. The zero-order valence-electron chi connectivity index (χ0n) is 16.3. The Kier molecular flexibility index (Phi) is 5.72. The SMILES string of the molecule is O=C(C[NH+]1CCN(C(=O)c2ccc(-c3ccccc3)cc2)CC1)N1CCCC1. The molecule has 5 nitrogen and oxygen atoms in total. The molecule has 2 amide bonds. The largest absolute Gasteiger partial charge is 0.338 e. The topological polar surface area (TPSA) is 45.1 Å². The summed E-state index contributed by atoms with van der Waals surface area (Å²) in [4.78, 5) is 30.3. The first-order chi connectivity index (χ1) is 13.7. The van der Waals surface area contributed by atoms with Crippen molar-refractivity contribution in [2.75, 3.05) is 45.8 Å². The molecule has 2 aliphatic rings. The van der Waals surface area contributed by atoms with Crippen molar-refractivity contribution in [3.8, 4) is 11.1 Å². The quantitative estimate of drug-likeness (QED) is 0.872. The maximum absolute atomic E-state index is 12.8. The second kappa shape index (κ2) is 8.57. The lowest BCUT2D eigenvalue weighted by atomic mass is 10.0. The van der Waals surface area contributed by atoms with E-state index in [2.05, 4.69) is 12.1 Å². The van der Waals surface area contributed by atoms with Gasteiger partial charge in [0, 0.05) is 18.7 Å². The molecule has 0 bridgehead atoms. The predicted molar refractivity (Wildman–Crippen MR) is 109 cm³/mol. The molecule has 0 radical (unpaired) electrons. The number of hydrogen-bond acceptors (Lipinski definition) is 2. The van der Waals surface area contributed by atoms with Crippen molar-refractivity contribution in [1.29, 1.82) is 0 Å². The number of benzene rings is 2. The third-order valence-electron chi connectivity index (χ3n) is 5.86. The lowest BCUT2D eigenvalue weighted by molar-refractivity contribution is -0.896. The van der Waals surface area contributed by atoms with Gasteiger partial charge < -0.3 is 14.7 Å². The van der Waals surface area contributed by atoms with Crippen LogP contribution in [0.15, 0.2) is 54.6 Å². The molecule has 4 rings (SSSR count). The van der Waals surface area contributed by atoms with Crippen LogP contribution in [0.5, 0.6) is 0 Å². The zero-order valence-corrected chi connectivity index (χ0v) is 16.3. The van der Waals surface area contributed by atoms with Gasteiger partial charge in [0.1, 0.15) is 0 Å². The highest BCUT2D eigenvalue weighted by atomic mass is 16.2. The van der Waals surface area contributed by atoms with Crippen LogP contribution in [0.25, 0.3) is 11.1 Å². The Morgan fingerprint density at radius 2 is 1.36 bits per heavy atom. The maximum Gasteiger partial charge on any atom is 0.277 e. The number of quaternary nitrogens is 1. The van der Waals surface area contributed by atoms with E-state index in [1.54, 1.807) is 0 Å². The van der Waals surface area contributed by atoms with Gasteiger partial charge in [0.2, 0.25) is 0 Å². The fourth-order valence-electron chi connectivity index (χ4n) is 4.11. The Bertz CT molecular complexity index is 806. The molecular formula is C23H28N3O2+. The predicted octanol–water partition coefficient (Wildman–Crippen LogP) is 1.32. The average Bonchev–Trinajstić information content (AvgIpc) is 3.30. The molecule has 2 aromatic carbocycles. The Labute approximate surface area is 166 Å². The summed E-state index contributed by atoms with van der Waals surface area (Å²) in [5.41, 5.74) is 3.00. The standard InChI is InChI=1S/C23H27N3O2/c27-22(25-12-4-5-13-25)18-24-14-16-26(17-15-24)23(28)21-10-8-20(9-11-21)19-6-2-1-3-7-19/h1-3,6-11H,4-5,12-18H2/p+1. The van der Waals surface area contributed by atoms with Gasteiger partial charge in [-0.2, -0.15) is 0 Å². The Balaban J connectivity index is 1.30. The molecule has 2 aliphatic heterocycles. The summed E-state index contributed by atoms with van der Waals surface area (Å²) < 4.78 is 0. The average molecular weight is 378 g/mol. The van der Waals surface area contributed by atoms with Crippen molar-refractivity contribution in [3.05, 3.63) is 60.2 Å². The van der Waals surface area contributed by atoms with E-state index in [1.807, 2.05) is 52.3 Å². The molecule has 0 unspecified atom stereocenters. The smallest absolute Gasteiger partial charge is 0.277 e. The van der Waals surface area contributed by atoms with Gasteiger partial charge in [-0.05, 0) is 36.1 Å². The molecule has 0 saturated carbocycles. The van der Waals surface area contributed by atoms with E-state index in [4.69, 9.17) is 0 Å². The van der Waals surface area contributed by atoms with Gasteiger partial charge in [-0.15, -0.1) is 0 Å². The Morgan fingerprint density at radius 3 is 2.00 bits per heavy atom. The second-order valence-electron chi connectivity index (χ2n) is 7.75. The number of carbonyl (C=O) groups excluding carboxylic acids is 2. The first kappa shape index (κ1) is 18.7. The highest BCUT2D eigenvalue weighted by Gasteiger charge is 2.28. The highest BCUT2D eigenvalue weighted by Crippen LogP contribution is 2.19. The van der Waals surface area contributed by atoms with Gasteiger partial charge in [-0.25, -0.2) is 0 Å². The second-order valence-corrected chi connectivity index (χ2v) is 7.75. The number of carbonyl (C=O) groups is 2. The van der Waals surface area contributed by atoms with Gasteiger partial charge in [0.15, 0.2) is 6.54 Å². The van der Waals surface area contributed by atoms with Gasteiger partial charge in [-0.1, -0.05) is 42.5 Å². The molecule has 2 heterocycles. The summed E-state index contributed by atoms with van der Waals surface area (Å²) >= 11 is 0. The van der Waals surface area contributed by atoms with E-state index in [0.717, 1.165) is 55.7 Å². The van der Waals surface area contributed by atoms with E-state index in [-0.39, 0.29) is 11.8 Å². The third kappa shape index (κ3) is 4.25. The number of amides is 2. The van der Waals surface area contributed by atoms with E-state index in [9.17, 15) is 9.59 Å². The van der Waals surface area contributed by atoms with Crippen molar-refractivity contribution >= 4 is 11.8 Å². The number of piperazine rings is 1. The van der Waals surface area contributed by atoms with Crippen molar-refractivity contribution in [3.63, 3.8) is 0 Å². The molecule has 146 valence electrons. The van der Waals surface area contributed by atoms with E-state index < -0.39 is 0 Å². The minimum absolute atomic E-state index is 0.0875. The molecule has 0 spiro atoms. The maximum atomic E-state index is 12.8. The van der Waals surface area contributed by atoms with Gasteiger partial charge in [0.05, 0.1) is 26.2 Å². The molecular weight excluding hydrogens is 350 g/mol. The van der Waals surface area contributed by atoms with Gasteiger partial charge >= 0.3 is 0 Å². The zero-order chi connectivity index (χ0) is 19.3. The van der Waals surface area contributed by atoms with Crippen molar-refractivity contribution < 1.29 is 14.5 Å². The number of rotatable bonds is 4. The van der Waals surface area contributed by atoms with Gasteiger partial charge in [-0.3, -0.25) is 9.59 Å². The molecule has 1 N–H and O–H groups in total. The summed E-state index contributed by atoms with van der Waals surface area (Å²) in [7, 11) is 0. The van der Waals surface area contributed by atoms with Crippen LogP contribution in [0.3, 0.4) is 0 Å². The lowest BCUT2D eigenvalue weighted by Gasteiger charge is -2.32. The molecule has 0 atom stereocenters. The van der Waals surface area contributed by atoms with Crippen LogP contribution in [-0.4, -0.2) is 67.4 Å². The molecule has 0 aromatic heterocycles. The van der Waals surface area contributed by atoms with Gasteiger partial charge in [0.25, 0.3) is 11.8 Å². The number of likely N-dealkylation sites (tertiary alicyclic amines) is 1. The number of nitrogens with one attached hydrogen (secondary N) is 1. The lowest BCUT2D eigenvalue weighted by Crippen LogP contribution is -3.15. The fourth-order valence-corrected chi connectivity index (χ4v) is 4.11. The minimum atomic E-state index is 0.0875. The molecule has 0 aliphatic carbocycles. The normalized spacial score (nSPS) is 17.7. The van der Waals surface area contributed by atoms with E-state index >= 15 is 0 Å². The van der Waals surface area contributed by atoms with Crippen LogP contribution in [0, 0.1) is 0 Å². The van der Waals surface area contributed by atoms with Crippen LogP contribution in [0.1, 0.15) is 23.2 Å². The highest BCUT2D eigenvalue weighted by molar-refractivity contribution is 5.94. The van der Waals surface area contributed by atoms with E-state index in [1.165, 1.54) is 4.90 Å². The Hall–Kier alpha value is -2.66. The molecule has 28 heavy (non-hydrogen) atoms. The van der Waals surface area contributed by atoms with Crippen LogP contribution in [0.2, 0.25) is 0 Å². The Morgan fingerprint density at radius 1 is 0.750 bits per heavy atom. The molecule has 5 heteroatoms. The summed E-state index contributed by atoms with van der Waals surface area (Å²) in [6.45, 7) is 5.49. The number of nitrogens with zero attached hydrogens (tertiary/aromatic N) is 2. The molecule has 2 fully saturated rings. The first-order valence-electron chi connectivity index (χ1n) is 10.3. The van der Waals surface area contributed by atoms with Crippen LogP contribution in [-0.2, 0) is 4.79 Å². The summed E-state index contributed by atoms with van der Waals surface area (Å²) in [5.74, 6) is 0.355. The molecule has 2 aromatic rings. The van der Waals surface area contributed by atoms with Crippen LogP contribution in [0.4, 0.5) is 0 Å². The van der Waals surface area contributed by atoms with Crippen LogP contribution < -0.4 is 4.90 Å². The fraction of sp³-hybridized carbons (Fsp3) is 0.391. The minimum Gasteiger partial charge on any atom is -0.338 e.